The molecule has 2 N–H and O–H groups in total. The van der Waals surface area contributed by atoms with E-state index in [1.54, 1.807) is 6.20 Å². The first kappa shape index (κ1) is 17.3. The first-order chi connectivity index (χ1) is 10.8. The summed E-state index contributed by atoms with van der Waals surface area (Å²) in [7, 11) is 0. The lowest BCUT2D eigenvalue weighted by Gasteiger charge is -2.12. The van der Waals surface area contributed by atoms with Gasteiger partial charge in [0, 0.05) is 30.0 Å². The quantitative estimate of drug-likeness (QED) is 0.831. The largest absolute Gasteiger partial charge is 0.416 e. The number of anilines is 1. The Morgan fingerprint density at radius 2 is 2.09 bits per heavy atom. The third-order valence-corrected chi connectivity index (χ3v) is 3.64. The molecule has 0 aliphatic carbocycles. The van der Waals surface area contributed by atoms with Gasteiger partial charge in [0.05, 0.1) is 11.8 Å². The van der Waals surface area contributed by atoms with Gasteiger partial charge in [-0.2, -0.15) is 18.3 Å². The number of nitrogens with zero attached hydrogens (tertiary/aromatic N) is 2. The smallest absolute Gasteiger partial charge is 0.358 e. The molecule has 0 radical (unpaired) electrons. The standard InChI is InChI=1S/C15H17F3N4S/c1-3-22-10(2)11(9-20-22)8-19-14(23)21-13-6-4-5-12(7-13)15(16,17)18/h4-7,9H,3,8H2,1-2H3,(H2,19,21,23). The maximum absolute atomic E-state index is 12.7. The molecule has 2 aromatic rings. The van der Waals surface area contributed by atoms with E-state index in [4.69, 9.17) is 12.2 Å². The SMILES string of the molecule is CCn1ncc(CNC(=S)Nc2cccc(C(F)(F)F)c2)c1C. The Kier molecular flexibility index (Phi) is 5.25. The molecule has 0 fully saturated rings. The summed E-state index contributed by atoms with van der Waals surface area (Å²) in [5.41, 5.74) is 1.59. The Morgan fingerprint density at radius 1 is 1.35 bits per heavy atom. The van der Waals surface area contributed by atoms with E-state index >= 15 is 0 Å². The van der Waals surface area contributed by atoms with Crippen LogP contribution in [0.5, 0.6) is 0 Å². The van der Waals surface area contributed by atoms with Gasteiger partial charge in [0.2, 0.25) is 0 Å². The van der Waals surface area contributed by atoms with Gasteiger partial charge in [-0.3, -0.25) is 4.68 Å². The minimum atomic E-state index is -4.38. The van der Waals surface area contributed by atoms with Gasteiger partial charge in [-0.15, -0.1) is 0 Å². The van der Waals surface area contributed by atoms with Crippen molar-refractivity contribution in [1.82, 2.24) is 15.1 Å². The van der Waals surface area contributed by atoms with Crippen molar-refractivity contribution in [3.8, 4) is 0 Å². The molecule has 23 heavy (non-hydrogen) atoms. The molecule has 0 bridgehead atoms. The van der Waals surface area contributed by atoms with Crippen LogP contribution in [0, 0.1) is 6.92 Å². The van der Waals surface area contributed by atoms with E-state index in [9.17, 15) is 13.2 Å². The Bertz CT molecular complexity index is 694. The molecule has 0 atom stereocenters. The average molecular weight is 342 g/mol. The summed E-state index contributed by atoms with van der Waals surface area (Å²) in [6.45, 7) is 5.18. The van der Waals surface area contributed by atoms with Crippen LogP contribution in [0.2, 0.25) is 0 Å². The second-order valence-corrected chi connectivity index (χ2v) is 5.37. The van der Waals surface area contributed by atoms with Crippen molar-refractivity contribution in [3.05, 3.63) is 47.3 Å². The summed E-state index contributed by atoms with van der Waals surface area (Å²) in [6, 6.07) is 4.91. The number of hydrogen-bond acceptors (Lipinski definition) is 2. The Morgan fingerprint density at radius 3 is 2.70 bits per heavy atom. The zero-order chi connectivity index (χ0) is 17.0. The lowest BCUT2D eigenvalue weighted by atomic mass is 10.2. The predicted molar refractivity (Wildman–Crippen MR) is 87.1 cm³/mol. The molecular formula is C15H17F3N4S. The van der Waals surface area contributed by atoms with Crippen molar-refractivity contribution >= 4 is 23.0 Å². The van der Waals surface area contributed by atoms with E-state index in [0.717, 1.165) is 29.9 Å². The highest BCUT2D eigenvalue weighted by Crippen LogP contribution is 2.30. The molecule has 8 heteroatoms. The fourth-order valence-corrected chi connectivity index (χ4v) is 2.29. The predicted octanol–water partition coefficient (Wildman–Crippen LogP) is 3.72. The van der Waals surface area contributed by atoms with E-state index in [0.29, 0.717) is 12.2 Å². The molecule has 0 aliphatic rings. The van der Waals surface area contributed by atoms with Gasteiger partial charge in [-0.25, -0.2) is 0 Å². The van der Waals surface area contributed by atoms with Crippen LogP contribution in [-0.2, 0) is 19.3 Å². The summed E-state index contributed by atoms with van der Waals surface area (Å²) in [4.78, 5) is 0. The van der Waals surface area contributed by atoms with Crippen molar-refractivity contribution in [2.24, 2.45) is 0 Å². The lowest BCUT2D eigenvalue weighted by molar-refractivity contribution is -0.137. The molecule has 0 unspecified atom stereocenters. The van der Waals surface area contributed by atoms with Crippen LogP contribution >= 0.6 is 12.2 Å². The van der Waals surface area contributed by atoms with Crippen molar-refractivity contribution in [3.63, 3.8) is 0 Å². The number of nitrogens with one attached hydrogen (secondary N) is 2. The first-order valence-corrected chi connectivity index (χ1v) is 7.45. The van der Waals surface area contributed by atoms with E-state index in [-0.39, 0.29) is 5.11 Å². The van der Waals surface area contributed by atoms with Crippen molar-refractivity contribution in [2.45, 2.75) is 33.1 Å². The highest BCUT2D eigenvalue weighted by atomic mass is 32.1. The summed E-state index contributed by atoms with van der Waals surface area (Å²) in [5, 5.41) is 10.2. The highest BCUT2D eigenvalue weighted by molar-refractivity contribution is 7.80. The molecule has 0 aliphatic heterocycles. The highest BCUT2D eigenvalue weighted by Gasteiger charge is 2.30. The van der Waals surface area contributed by atoms with Gasteiger partial charge < -0.3 is 10.6 Å². The Labute approximate surface area is 137 Å². The maximum Gasteiger partial charge on any atom is 0.416 e. The third-order valence-electron chi connectivity index (χ3n) is 3.39. The van der Waals surface area contributed by atoms with E-state index in [1.807, 2.05) is 18.5 Å². The number of aromatic nitrogens is 2. The van der Waals surface area contributed by atoms with Crippen LogP contribution in [0.25, 0.3) is 0 Å². The zero-order valence-corrected chi connectivity index (χ0v) is 13.6. The minimum absolute atomic E-state index is 0.257. The molecule has 2 rings (SSSR count). The van der Waals surface area contributed by atoms with Crippen molar-refractivity contribution in [2.75, 3.05) is 5.32 Å². The Balaban J connectivity index is 1.96. The zero-order valence-electron chi connectivity index (χ0n) is 12.7. The molecule has 0 spiro atoms. The fourth-order valence-electron chi connectivity index (χ4n) is 2.10. The topological polar surface area (TPSA) is 41.9 Å². The van der Waals surface area contributed by atoms with E-state index in [1.165, 1.54) is 12.1 Å². The average Bonchev–Trinajstić information content (AvgIpc) is 2.85. The normalized spacial score (nSPS) is 11.3. The van der Waals surface area contributed by atoms with Crippen LogP contribution in [-0.4, -0.2) is 14.9 Å². The van der Waals surface area contributed by atoms with Gasteiger partial charge in [0.25, 0.3) is 0 Å². The lowest BCUT2D eigenvalue weighted by Crippen LogP contribution is -2.28. The molecule has 4 nitrogen and oxygen atoms in total. The number of thiocarbonyl (C=S) groups is 1. The molecule has 124 valence electrons. The second-order valence-electron chi connectivity index (χ2n) is 4.96. The summed E-state index contributed by atoms with van der Waals surface area (Å²) in [5.74, 6) is 0. The molecular weight excluding hydrogens is 325 g/mol. The maximum atomic E-state index is 12.7. The number of rotatable bonds is 4. The van der Waals surface area contributed by atoms with Gasteiger partial charge in [-0.05, 0) is 44.3 Å². The van der Waals surface area contributed by atoms with Crippen LogP contribution in [0.15, 0.2) is 30.5 Å². The number of halogens is 3. The van der Waals surface area contributed by atoms with Crippen LogP contribution in [0.4, 0.5) is 18.9 Å². The molecule has 1 aromatic heterocycles. The van der Waals surface area contributed by atoms with Gasteiger partial charge >= 0.3 is 6.18 Å². The van der Waals surface area contributed by atoms with Gasteiger partial charge in [-0.1, -0.05) is 6.07 Å². The third kappa shape index (κ3) is 4.44. The summed E-state index contributed by atoms with van der Waals surface area (Å²) >= 11 is 5.12. The van der Waals surface area contributed by atoms with Crippen molar-refractivity contribution < 1.29 is 13.2 Å². The molecule has 0 amide bonds. The first-order valence-electron chi connectivity index (χ1n) is 7.04. The molecule has 1 aromatic carbocycles. The van der Waals surface area contributed by atoms with E-state index < -0.39 is 11.7 Å². The molecule has 1 heterocycles. The number of benzene rings is 1. The van der Waals surface area contributed by atoms with Gasteiger partial charge in [0.15, 0.2) is 5.11 Å². The Hall–Kier alpha value is -2.09. The van der Waals surface area contributed by atoms with Crippen molar-refractivity contribution in [1.29, 1.82) is 0 Å². The number of aryl methyl sites for hydroxylation is 1. The molecule has 0 saturated carbocycles. The fraction of sp³-hybridized carbons (Fsp3) is 0.333. The molecule has 0 saturated heterocycles. The van der Waals surface area contributed by atoms with Crippen LogP contribution < -0.4 is 10.6 Å². The minimum Gasteiger partial charge on any atom is -0.358 e. The monoisotopic (exact) mass is 342 g/mol. The van der Waals surface area contributed by atoms with Crippen LogP contribution in [0.1, 0.15) is 23.7 Å². The summed E-state index contributed by atoms with van der Waals surface area (Å²) in [6.07, 6.45) is -2.63. The summed E-state index contributed by atoms with van der Waals surface area (Å²) < 4.78 is 39.9. The van der Waals surface area contributed by atoms with Gasteiger partial charge in [0.1, 0.15) is 0 Å². The number of hydrogen-bond donors (Lipinski definition) is 2. The number of alkyl halides is 3. The van der Waals surface area contributed by atoms with Crippen LogP contribution in [0.3, 0.4) is 0 Å². The second kappa shape index (κ2) is 6.99. The van der Waals surface area contributed by atoms with E-state index in [2.05, 4.69) is 15.7 Å².